The van der Waals surface area contributed by atoms with Crippen molar-refractivity contribution >= 4 is 33.9 Å². The van der Waals surface area contributed by atoms with E-state index in [4.69, 9.17) is 13.9 Å². The Balaban J connectivity index is 1.94. The Labute approximate surface area is 182 Å². The van der Waals surface area contributed by atoms with Crippen molar-refractivity contribution in [3.05, 3.63) is 65.8 Å². The van der Waals surface area contributed by atoms with Crippen LogP contribution in [0.5, 0.6) is 5.75 Å². The van der Waals surface area contributed by atoms with E-state index in [0.717, 1.165) is 11.6 Å². The van der Waals surface area contributed by atoms with Crippen molar-refractivity contribution in [3.63, 3.8) is 0 Å². The third kappa shape index (κ3) is 4.85. The van der Waals surface area contributed by atoms with Crippen LogP contribution < -0.4 is 4.74 Å². The van der Waals surface area contributed by atoms with Gasteiger partial charge in [0.25, 0.3) is 0 Å². The summed E-state index contributed by atoms with van der Waals surface area (Å²) >= 11 is 0. The first-order chi connectivity index (χ1) is 15.0. The molecule has 0 saturated heterocycles. The van der Waals surface area contributed by atoms with Gasteiger partial charge in [-0.3, -0.25) is 0 Å². The van der Waals surface area contributed by atoms with Gasteiger partial charge in [0.15, 0.2) is 5.58 Å². The van der Waals surface area contributed by atoms with Crippen LogP contribution in [0.15, 0.2) is 59.1 Å². The van der Waals surface area contributed by atoms with Gasteiger partial charge < -0.3 is 13.9 Å². The maximum atomic E-state index is 13.8. The van der Waals surface area contributed by atoms with E-state index < -0.39 is 35.0 Å². The molecule has 1 heterocycles. The molecule has 1 aromatic heterocycles. The van der Waals surface area contributed by atoms with Crippen LogP contribution in [0, 0.1) is 0 Å². The Kier molecular flexibility index (Phi) is 6.43. The van der Waals surface area contributed by atoms with E-state index in [-0.39, 0.29) is 23.1 Å². The minimum atomic E-state index is -4.81. The first kappa shape index (κ1) is 23.1. The number of alkyl halides is 3. The first-order valence-corrected chi connectivity index (χ1v) is 9.74. The fraction of sp³-hybridized carbons (Fsp3) is 0.250. The molecule has 168 valence electrons. The quantitative estimate of drug-likeness (QED) is 0.189. The summed E-state index contributed by atoms with van der Waals surface area (Å²) in [6, 6.07) is 7.63. The van der Waals surface area contributed by atoms with Crippen molar-refractivity contribution < 1.29 is 36.7 Å². The number of ether oxygens (including phenoxy) is 2. The van der Waals surface area contributed by atoms with Gasteiger partial charge in [0.1, 0.15) is 16.9 Å². The number of benzene rings is 2. The molecular weight excluding hydrogens is 425 g/mol. The third-order valence-corrected chi connectivity index (χ3v) is 4.69. The SMILES string of the molecule is C=C(C)C(=O)OCCCc1ccc2c(c1)oc1c(C(F)(F)F)c(OC(=O)C(=C)C)ccc12. The number of rotatable bonds is 7. The lowest BCUT2D eigenvalue weighted by molar-refractivity contribution is -0.141. The van der Waals surface area contributed by atoms with Crippen molar-refractivity contribution in [1.29, 1.82) is 0 Å². The highest BCUT2D eigenvalue weighted by atomic mass is 19.4. The third-order valence-electron chi connectivity index (χ3n) is 4.69. The molecule has 32 heavy (non-hydrogen) atoms. The highest BCUT2D eigenvalue weighted by Crippen LogP contribution is 2.44. The number of furan rings is 1. The molecule has 3 rings (SSSR count). The summed E-state index contributed by atoms with van der Waals surface area (Å²) in [7, 11) is 0. The first-order valence-electron chi connectivity index (χ1n) is 9.74. The van der Waals surface area contributed by atoms with Crippen LogP contribution in [0.4, 0.5) is 13.2 Å². The second-order valence-corrected chi connectivity index (χ2v) is 7.44. The fourth-order valence-corrected chi connectivity index (χ4v) is 3.13. The van der Waals surface area contributed by atoms with Gasteiger partial charge in [-0.05, 0) is 50.5 Å². The molecule has 5 nitrogen and oxygen atoms in total. The van der Waals surface area contributed by atoms with E-state index in [1.165, 1.54) is 13.0 Å². The molecule has 0 saturated carbocycles. The van der Waals surface area contributed by atoms with Gasteiger partial charge in [0.2, 0.25) is 0 Å². The lowest BCUT2D eigenvalue weighted by Gasteiger charge is -2.13. The Morgan fingerprint density at radius 2 is 1.66 bits per heavy atom. The van der Waals surface area contributed by atoms with Gasteiger partial charge in [0.05, 0.1) is 6.61 Å². The summed E-state index contributed by atoms with van der Waals surface area (Å²) in [6.07, 6.45) is -3.75. The fourth-order valence-electron chi connectivity index (χ4n) is 3.13. The van der Waals surface area contributed by atoms with Crippen LogP contribution in [-0.4, -0.2) is 18.5 Å². The smallest absolute Gasteiger partial charge is 0.423 e. The van der Waals surface area contributed by atoms with Crippen LogP contribution >= 0.6 is 0 Å². The predicted molar refractivity (Wildman–Crippen MR) is 113 cm³/mol. The molecule has 0 amide bonds. The Bertz CT molecular complexity index is 1230. The highest BCUT2D eigenvalue weighted by molar-refractivity contribution is 6.07. The van der Waals surface area contributed by atoms with Crippen LogP contribution in [-0.2, 0) is 26.9 Å². The average molecular weight is 446 g/mol. The number of hydrogen-bond donors (Lipinski definition) is 0. The molecule has 0 fully saturated rings. The Hall–Kier alpha value is -3.55. The summed E-state index contributed by atoms with van der Waals surface area (Å²) in [5.41, 5.74) is -0.208. The molecular formula is C24H21F3O5. The topological polar surface area (TPSA) is 65.7 Å². The summed E-state index contributed by atoms with van der Waals surface area (Å²) in [4.78, 5) is 23.2. The second-order valence-electron chi connectivity index (χ2n) is 7.44. The zero-order chi connectivity index (χ0) is 23.6. The van der Waals surface area contributed by atoms with Crippen molar-refractivity contribution in [2.45, 2.75) is 32.9 Å². The lowest BCUT2D eigenvalue weighted by Crippen LogP contribution is -2.14. The number of carbonyl (C=O) groups is 2. The molecule has 0 aliphatic carbocycles. The number of fused-ring (bicyclic) bond motifs is 3. The summed E-state index contributed by atoms with van der Waals surface area (Å²) in [5.74, 6) is -2.07. The van der Waals surface area contributed by atoms with E-state index in [9.17, 15) is 22.8 Å². The standard InChI is InChI=1S/C24H21F3O5/c1-13(2)22(28)30-11-5-6-15-7-8-16-17-9-10-18(32-23(29)14(3)4)20(24(25,26)27)21(17)31-19(16)12-15/h7-10,12H,1,3,5-6,11H2,2,4H3. The Morgan fingerprint density at radius 3 is 2.28 bits per heavy atom. The maximum absolute atomic E-state index is 13.8. The van der Waals surface area contributed by atoms with E-state index in [2.05, 4.69) is 13.2 Å². The van der Waals surface area contributed by atoms with Gasteiger partial charge in [-0.1, -0.05) is 25.3 Å². The summed E-state index contributed by atoms with van der Waals surface area (Å²) in [6.45, 7) is 9.98. The maximum Gasteiger partial charge on any atom is 0.423 e. The van der Waals surface area contributed by atoms with Crippen LogP contribution in [0.2, 0.25) is 0 Å². The molecule has 0 spiro atoms. The largest absolute Gasteiger partial charge is 0.462 e. The average Bonchev–Trinajstić information content (AvgIpc) is 3.06. The molecule has 0 unspecified atom stereocenters. The highest BCUT2D eigenvalue weighted by Gasteiger charge is 2.39. The van der Waals surface area contributed by atoms with Crippen molar-refractivity contribution in [2.75, 3.05) is 6.61 Å². The minimum absolute atomic E-state index is 0.0265. The molecule has 0 aliphatic rings. The van der Waals surface area contributed by atoms with Crippen molar-refractivity contribution in [2.24, 2.45) is 0 Å². The summed E-state index contributed by atoms with van der Waals surface area (Å²) < 4.78 is 57.0. The Morgan fingerprint density at radius 1 is 1.00 bits per heavy atom. The molecule has 3 aromatic rings. The zero-order valence-corrected chi connectivity index (χ0v) is 17.6. The lowest BCUT2D eigenvalue weighted by atomic mass is 10.0. The number of aryl methyl sites for hydroxylation is 1. The predicted octanol–water partition coefficient (Wildman–Crippen LogP) is 6.14. The molecule has 0 N–H and O–H groups in total. The van der Waals surface area contributed by atoms with Crippen molar-refractivity contribution in [1.82, 2.24) is 0 Å². The van der Waals surface area contributed by atoms with Gasteiger partial charge in [-0.15, -0.1) is 0 Å². The van der Waals surface area contributed by atoms with Gasteiger partial charge >= 0.3 is 18.1 Å². The molecule has 0 atom stereocenters. The van der Waals surface area contributed by atoms with Crippen LogP contribution in [0.25, 0.3) is 21.9 Å². The molecule has 8 heteroatoms. The molecule has 0 aliphatic heterocycles. The second kappa shape index (κ2) is 8.90. The zero-order valence-electron chi connectivity index (χ0n) is 17.6. The number of halogens is 3. The van der Waals surface area contributed by atoms with Crippen LogP contribution in [0.1, 0.15) is 31.4 Å². The molecule has 0 radical (unpaired) electrons. The summed E-state index contributed by atoms with van der Waals surface area (Å²) in [5, 5.41) is 0.755. The number of carbonyl (C=O) groups excluding carboxylic acids is 2. The number of esters is 2. The molecule has 2 aromatic carbocycles. The minimum Gasteiger partial charge on any atom is -0.462 e. The van der Waals surface area contributed by atoms with Crippen LogP contribution in [0.3, 0.4) is 0 Å². The van der Waals surface area contributed by atoms with Gasteiger partial charge in [0, 0.05) is 21.9 Å². The van der Waals surface area contributed by atoms with E-state index in [0.29, 0.717) is 23.8 Å². The van der Waals surface area contributed by atoms with E-state index in [1.807, 2.05) is 0 Å². The normalized spacial score (nSPS) is 11.5. The van der Waals surface area contributed by atoms with Gasteiger partial charge in [-0.25, -0.2) is 9.59 Å². The van der Waals surface area contributed by atoms with Crippen molar-refractivity contribution in [3.8, 4) is 5.75 Å². The monoisotopic (exact) mass is 446 g/mol. The van der Waals surface area contributed by atoms with Gasteiger partial charge in [-0.2, -0.15) is 13.2 Å². The number of hydrogen-bond acceptors (Lipinski definition) is 5. The molecule has 0 bridgehead atoms. The van der Waals surface area contributed by atoms with E-state index >= 15 is 0 Å². The van der Waals surface area contributed by atoms with E-state index in [1.54, 1.807) is 25.1 Å².